The quantitative estimate of drug-likeness (QED) is 0.368. The van der Waals surface area contributed by atoms with Crippen LogP contribution < -0.4 is 4.90 Å². The lowest BCUT2D eigenvalue weighted by atomic mass is 9.85. The largest absolute Gasteiger partial charge is 0.481 e. The van der Waals surface area contributed by atoms with Gasteiger partial charge in [-0.25, -0.2) is 9.78 Å². The molecule has 1 aliphatic heterocycles. The van der Waals surface area contributed by atoms with Crippen molar-refractivity contribution in [2.45, 2.75) is 75.9 Å². The zero-order chi connectivity index (χ0) is 26.9. The number of fused-ring (bicyclic) bond motifs is 4. The number of carboxylic acid groups (broad SMARTS) is 1. The Kier molecular flexibility index (Phi) is 5.47. The normalized spacial score (nSPS) is 24.1. The molecular weight excluding hydrogens is 494 g/mol. The molecule has 202 valence electrons. The van der Waals surface area contributed by atoms with Crippen molar-refractivity contribution >= 4 is 39.7 Å². The first-order valence-electron chi connectivity index (χ1n) is 14.0. The van der Waals surface area contributed by atoms with Crippen LogP contribution in [0.1, 0.15) is 69.3 Å². The third-order valence-electron chi connectivity index (χ3n) is 9.23. The van der Waals surface area contributed by atoms with Crippen molar-refractivity contribution in [2.24, 2.45) is 5.92 Å². The van der Waals surface area contributed by atoms with Crippen molar-refractivity contribution in [1.82, 2.24) is 19.3 Å². The van der Waals surface area contributed by atoms with Crippen LogP contribution in [0.4, 0.5) is 10.5 Å². The van der Waals surface area contributed by atoms with Crippen molar-refractivity contribution in [3.8, 4) is 0 Å². The van der Waals surface area contributed by atoms with Gasteiger partial charge in [-0.05, 0) is 76.5 Å². The average molecular weight is 528 g/mol. The number of methoxy groups -OCH3 is 1. The molecule has 2 saturated carbocycles. The lowest BCUT2D eigenvalue weighted by Gasteiger charge is -2.34. The molecule has 1 atom stereocenters. The first-order chi connectivity index (χ1) is 18.9. The van der Waals surface area contributed by atoms with Crippen molar-refractivity contribution in [2.75, 3.05) is 12.0 Å². The Morgan fingerprint density at radius 3 is 2.51 bits per heavy atom. The maximum Gasteiger partial charge on any atom is 0.414 e. The molecule has 1 amide bonds. The van der Waals surface area contributed by atoms with Crippen LogP contribution in [-0.4, -0.2) is 49.7 Å². The number of aryl methyl sites for hydroxylation is 1. The first kappa shape index (κ1) is 24.2. The highest BCUT2D eigenvalue weighted by molar-refractivity contribution is 5.95. The van der Waals surface area contributed by atoms with E-state index in [9.17, 15) is 14.7 Å². The van der Waals surface area contributed by atoms with Crippen LogP contribution in [0.5, 0.6) is 0 Å². The Hall–Kier alpha value is -3.88. The number of nitrogens with zero attached hydrogens (tertiary/aromatic N) is 5. The van der Waals surface area contributed by atoms with Crippen LogP contribution in [-0.2, 0) is 21.5 Å². The molecule has 0 radical (unpaired) electrons. The van der Waals surface area contributed by atoms with E-state index < -0.39 is 5.97 Å². The van der Waals surface area contributed by atoms with E-state index in [1.54, 1.807) is 4.90 Å². The van der Waals surface area contributed by atoms with Crippen LogP contribution in [0, 0.1) is 5.92 Å². The number of aromatic nitrogens is 4. The predicted octanol–water partition coefficient (Wildman–Crippen LogP) is 5.65. The second kappa shape index (κ2) is 8.83. The third-order valence-corrected chi connectivity index (χ3v) is 9.23. The molecular formula is C30H33N5O4. The monoisotopic (exact) mass is 527 g/mol. The van der Waals surface area contributed by atoms with Gasteiger partial charge >= 0.3 is 12.1 Å². The van der Waals surface area contributed by atoms with E-state index in [1.165, 1.54) is 7.11 Å². The number of benzene rings is 2. The Labute approximate surface area is 226 Å². The molecule has 39 heavy (non-hydrogen) atoms. The molecule has 2 aliphatic carbocycles. The van der Waals surface area contributed by atoms with Gasteiger partial charge in [0.2, 0.25) is 0 Å². The number of hydrogen-bond acceptors (Lipinski definition) is 5. The zero-order valence-electron chi connectivity index (χ0n) is 22.3. The molecule has 4 aromatic rings. The first-order valence-corrected chi connectivity index (χ1v) is 14.0. The van der Waals surface area contributed by atoms with E-state index in [0.717, 1.165) is 77.5 Å². The van der Waals surface area contributed by atoms with Crippen LogP contribution in [0.2, 0.25) is 0 Å². The average Bonchev–Trinajstić information content (AvgIpc) is 3.47. The summed E-state index contributed by atoms with van der Waals surface area (Å²) >= 11 is 0. The summed E-state index contributed by atoms with van der Waals surface area (Å²) in [5.74, 6) is 0.0199. The minimum Gasteiger partial charge on any atom is -0.481 e. The van der Waals surface area contributed by atoms with E-state index in [1.807, 2.05) is 24.3 Å². The molecule has 3 heterocycles. The Morgan fingerprint density at radius 2 is 1.82 bits per heavy atom. The Balaban J connectivity index is 1.41. The molecule has 0 saturated heterocycles. The number of carbonyl (C=O) groups is 2. The summed E-state index contributed by atoms with van der Waals surface area (Å²) in [4.78, 5) is 31.6. The topological polar surface area (TPSA) is 102 Å². The summed E-state index contributed by atoms with van der Waals surface area (Å²) in [5, 5.41) is 15.7. The number of hydrogen-bond donors (Lipinski definition) is 1. The van der Waals surface area contributed by atoms with E-state index in [-0.39, 0.29) is 29.6 Å². The fraction of sp³-hybridized carbons (Fsp3) is 0.467. The van der Waals surface area contributed by atoms with E-state index in [2.05, 4.69) is 34.5 Å². The summed E-state index contributed by atoms with van der Waals surface area (Å²) in [7, 11) is 1.42. The van der Waals surface area contributed by atoms with E-state index in [0.29, 0.717) is 12.8 Å². The van der Waals surface area contributed by atoms with Gasteiger partial charge in [0, 0.05) is 29.2 Å². The molecule has 0 unspecified atom stereocenters. The highest BCUT2D eigenvalue weighted by atomic mass is 16.5. The SMILES string of the molecule is COC(=O)N1c2ccc3c(nc(C4(n5cc6ccccc6n5)CC4)n3[C@H]3CC[C@H](C(=O)O)CC3)c2CC[C@@H]1C. The fourth-order valence-electron chi connectivity index (χ4n) is 6.91. The van der Waals surface area contributed by atoms with E-state index >= 15 is 0 Å². The molecule has 1 N–H and O–H groups in total. The number of carboxylic acids is 1. The minimum atomic E-state index is -0.697. The van der Waals surface area contributed by atoms with Gasteiger partial charge < -0.3 is 14.4 Å². The summed E-state index contributed by atoms with van der Waals surface area (Å²) < 4.78 is 9.64. The minimum absolute atomic E-state index is 0.0431. The number of amides is 1. The number of imidazole rings is 1. The predicted molar refractivity (Wildman–Crippen MR) is 147 cm³/mol. The second-order valence-corrected chi connectivity index (χ2v) is 11.5. The molecule has 9 heteroatoms. The fourth-order valence-corrected chi connectivity index (χ4v) is 6.91. The van der Waals surface area contributed by atoms with Gasteiger partial charge in [-0.1, -0.05) is 18.2 Å². The molecule has 9 nitrogen and oxygen atoms in total. The molecule has 7 rings (SSSR count). The van der Waals surface area contributed by atoms with Gasteiger partial charge in [-0.3, -0.25) is 14.4 Å². The highest BCUT2D eigenvalue weighted by Crippen LogP contribution is 2.52. The standard InChI is InChI=1S/C30H33N5O4/c1-18-7-12-22-24(34(18)29(38)39-2)13-14-25-26(22)31-28(35(25)21-10-8-19(9-11-21)27(36)37)30(15-16-30)33-17-20-5-3-4-6-23(20)32-33/h3-6,13-14,17-19,21H,7-12,15-16H2,1-2H3,(H,36,37)/t18-,19-,21-/m0/s1. The lowest BCUT2D eigenvalue weighted by Crippen LogP contribution is -2.42. The zero-order valence-corrected chi connectivity index (χ0v) is 22.3. The lowest BCUT2D eigenvalue weighted by molar-refractivity contribution is -0.143. The number of carbonyl (C=O) groups excluding carboxylic acids is 1. The number of ether oxygens (including phenoxy) is 1. The van der Waals surface area contributed by atoms with Gasteiger partial charge in [0.05, 0.1) is 35.3 Å². The van der Waals surface area contributed by atoms with Crippen molar-refractivity contribution in [1.29, 1.82) is 0 Å². The molecule has 2 fully saturated rings. The molecule has 3 aliphatic rings. The molecule has 2 aromatic heterocycles. The summed E-state index contributed by atoms with van der Waals surface area (Å²) in [5.41, 5.74) is 4.58. The second-order valence-electron chi connectivity index (χ2n) is 11.5. The van der Waals surface area contributed by atoms with Crippen LogP contribution in [0.3, 0.4) is 0 Å². The van der Waals surface area contributed by atoms with Gasteiger partial charge in [0.15, 0.2) is 0 Å². The molecule has 0 bridgehead atoms. The molecule has 2 aromatic carbocycles. The Bertz CT molecular complexity index is 1580. The molecule has 0 spiro atoms. The number of rotatable bonds is 4. The van der Waals surface area contributed by atoms with E-state index in [4.69, 9.17) is 14.8 Å². The van der Waals surface area contributed by atoms with Crippen LogP contribution in [0.15, 0.2) is 42.6 Å². The van der Waals surface area contributed by atoms with Crippen LogP contribution >= 0.6 is 0 Å². The number of anilines is 1. The maximum absolute atomic E-state index is 12.7. The van der Waals surface area contributed by atoms with Gasteiger partial charge in [0.1, 0.15) is 11.4 Å². The van der Waals surface area contributed by atoms with Crippen LogP contribution in [0.25, 0.3) is 21.9 Å². The smallest absolute Gasteiger partial charge is 0.414 e. The maximum atomic E-state index is 12.7. The van der Waals surface area contributed by atoms with Crippen molar-refractivity contribution < 1.29 is 19.4 Å². The highest BCUT2D eigenvalue weighted by Gasteiger charge is 2.52. The number of aliphatic carboxylic acids is 1. The summed E-state index contributed by atoms with van der Waals surface area (Å²) in [6, 6.07) is 12.5. The van der Waals surface area contributed by atoms with Gasteiger partial charge in [-0.2, -0.15) is 5.10 Å². The van der Waals surface area contributed by atoms with Crippen molar-refractivity contribution in [3.63, 3.8) is 0 Å². The Morgan fingerprint density at radius 1 is 1.05 bits per heavy atom. The van der Waals surface area contributed by atoms with Crippen molar-refractivity contribution in [3.05, 3.63) is 54.0 Å². The summed E-state index contributed by atoms with van der Waals surface area (Å²) in [6.45, 7) is 2.05. The third kappa shape index (κ3) is 3.66. The summed E-state index contributed by atoms with van der Waals surface area (Å²) in [6.07, 6.45) is 8.27. The van der Waals surface area contributed by atoms with Gasteiger partial charge in [0.25, 0.3) is 0 Å². The van der Waals surface area contributed by atoms with Gasteiger partial charge in [-0.15, -0.1) is 0 Å².